The van der Waals surface area contributed by atoms with Crippen LogP contribution in [0, 0.1) is 20.8 Å². The van der Waals surface area contributed by atoms with Crippen molar-refractivity contribution in [2.45, 2.75) is 37.5 Å². The molecule has 41 heavy (non-hydrogen) atoms. The van der Waals surface area contributed by atoms with Gasteiger partial charge in [0.1, 0.15) is 12.3 Å². The quantitative estimate of drug-likeness (QED) is 0.134. The van der Waals surface area contributed by atoms with Crippen molar-refractivity contribution in [1.29, 1.82) is 0 Å². The zero-order valence-corrected chi connectivity index (χ0v) is 25.4. The number of carbonyl (C=O) groups is 1. The molecule has 8 nitrogen and oxygen atoms in total. The first kappa shape index (κ1) is 30.0. The van der Waals surface area contributed by atoms with Gasteiger partial charge in [-0.15, -0.1) is 11.8 Å². The Morgan fingerprint density at radius 2 is 1.66 bits per heavy atom. The van der Waals surface area contributed by atoms with Crippen molar-refractivity contribution in [3.05, 3.63) is 101 Å². The summed E-state index contributed by atoms with van der Waals surface area (Å²) in [6.45, 7) is 7.93. The van der Waals surface area contributed by atoms with E-state index in [1.807, 2.05) is 40.0 Å². The van der Waals surface area contributed by atoms with Gasteiger partial charge in [0.05, 0.1) is 23.4 Å². The second kappa shape index (κ2) is 13.1. The van der Waals surface area contributed by atoms with E-state index in [9.17, 15) is 13.2 Å². The van der Waals surface area contributed by atoms with Crippen LogP contribution in [0.5, 0.6) is 5.75 Å². The van der Waals surface area contributed by atoms with E-state index in [-0.39, 0.29) is 4.90 Å². The smallest absolute Gasteiger partial charge is 0.264 e. The predicted octanol–water partition coefficient (Wildman–Crippen LogP) is 5.87. The van der Waals surface area contributed by atoms with Crippen LogP contribution in [0.3, 0.4) is 0 Å². The molecule has 1 amide bonds. The number of sulfonamides is 1. The molecule has 0 fully saturated rings. The number of nitrogens with zero attached hydrogens (tertiary/aromatic N) is 3. The maximum atomic E-state index is 13.7. The van der Waals surface area contributed by atoms with E-state index in [2.05, 4.69) is 39.4 Å². The van der Waals surface area contributed by atoms with Gasteiger partial charge in [-0.05, 0) is 101 Å². The first-order valence-corrected chi connectivity index (χ1v) is 15.8. The normalized spacial score (nSPS) is 11.5. The molecule has 0 aliphatic carbocycles. The summed E-state index contributed by atoms with van der Waals surface area (Å²) in [5.74, 6) is 0.0296. The third kappa shape index (κ3) is 7.01. The standard InChI is InChI=1S/C31H34N4O4S2/c1-6-39-28-13-11-26(12-14-28)34(41(37,38)30-17-15-29(40-5)16-18-30)21-31(36)33-32-20-25-19-23(3)35(24(25)4)27-9-7-22(2)8-10-27/h7-20H,6,21H2,1-5H3,(H,33,36)/b32-20+. The number of benzene rings is 3. The van der Waals surface area contributed by atoms with Crippen LogP contribution in [0.2, 0.25) is 0 Å². The highest BCUT2D eigenvalue weighted by atomic mass is 32.2. The van der Waals surface area contributed by atoms with Gasteiger partial charge in [-0.25, -0.2) is 13.8 Å². The van der Waals surface area contributed by atoms with Gasteiger partial charge in [0.25, 0.3) is 15.9 Å². The molecule has 10 heteroatoms. The van der Waals surface area contributed by atoms with Crippen LogP contribution in [-0.4, -0.2) is 44.5 Å². The molecule has 0 radical (unpaired) electrons. The van der Waals surface area contributed by atoms with Crippen LogP contribution < -0.4 is 14.5 Å². The Hall–Kier alpha value is -4.02. The fraction of sp³-hybridized carbons (Fsp3) is 0.226. The monoisotopic (exact) mass is 590 g/mol. The average molecular weight is 591 g/mol. The van der Waals surface area contributed by atoms with Gasteiger partial charge in [-0.3, -0.25) is 9.10 Å². The van der Waals surface area contributed by atoms with Gasteiger partial charge < -0.3 is 9.30 Å². The summed E-state index contributed by atoms with van der Waals surface area (Å²) in [7, 11) is -4.05. The fourth-order valence-corrected chi connectivity index (χ4v) is 6.24. The maximum absolute atomic E-state index is 13.7. The number of nitrogens with one attached hydrogen (secondary N) is 1. The van der Waals surface area contributed by atoms with Crippen molar-refractivity contribution in [2.75, 3.05) is 23.7 Å². The van der Waals surface area contributed by atoms with Crippen LogP contribution in [-0.2, 0) is 14.8 Å². The zero-order chi connectivity index (χ0) is 29.6. The number of carbonyl (C=O) groups excluding carboxylic acids is 1. The molecule has 0 bridgehead atoms. The van der Waals surface area contributed by atoms with E-state index >= 15 is 0 Å². The summed E-state index contributed by atoms with van der Waals surface area (Å²) in [5, 5.41) is 4.15. The summed E-state index contributed by atoms with van der Waals surface area (Å²) in [4.78, 5) is 14.0. The Balaban J connectivity index is 1.55. The van der Waals surface area contributed by atoms with Gasteiger partial charge in [-0.2, -0.15) is 5.10 Å². The number of ether oxygens (including phenoxy) is 1. The highest BCUT2D eigenvalue weighted by molar-refractivity contribution is 7.98. The molecule has 1 heterocycles. The highest BCUT2D eigenvalue weighted by Crippen LogP contribution is 2.27. The second-order valence-electron chi connectivity index (χ2n) is 9.40. The maximum Gasteiger partial charge on any atom is 0.264 e. The number of hydrogen-bond acceptors (Lipinski definition) is 6. The lowest BCUT2D eigenvalue weighted by atomic mass is 10.2. The van der Waals surface area contributed by atoms with Crippen molar-refractivity contribution in [1.82, 2.24) is 9.99 Å². The molecule has 0 saturated carbocycles. The summed E-state index contributed by atoms with van der Waals surface area (Å²) < 4.78 is 36.0. The molecule has 0 spiro atoms. The van der Waals surface area contributed by atoms with Crippen molar-refractivity contribution >= 4 is 39.6 Å². The first-order chi connectivity index (χ1) is 19.6. The molecule has 1 N–H and O–H groups in total. The molecular formula is C31H34N4O4S2. The molecule has 0 unspecified atom stereocenters. The third-order valence-electron chi connectivity index (χ3n) is 6.53. The molecule has 0 aliphatic rings. The van der Waals surface area contributed by atoms with Crippen molar-refractivity contribution in [2.24, 2.45) is 5.10 Å². The van der Waals surface area contributed by atoms with Crippen LogP contribution >= 0.6 is 11.8 Å². The molecular weight excluding hydrogens is 556 g/mol. The lowest BCUT2D eigenvalue weighted by Crippen LogP contribution is -2.39. The molecule has 0 atom stereocenters. The number of hydrogen-bond donors (Lipinski definition) is 1. The largest absolute Gasteiger partial charge is 0.494 e. The van der Waals surface area contributed by atoms with Gasteiger partial charge in [0.15, 0.2) is 0 Å². The molecule has 0 saturated heterocycles. The Labute approximate surface area is 246 Å². The van der Waals surface area contributed by atoms with E-state index in [1.54, 1.807) is 54.7 Å². The highest BCUT2D eigenvalue weighted by Gasteiger charge is 2.27. The Kier molecular flexibility index (Phi) is 9.57. The SMILES string of the molecule is CCOc1ccc(N(CC(=O)N/N=C/c2cc(C)n(-c3ccc(C)cc3)c2C)S(=O)(=O)c2ccc(SC)cc2)cc1. The van der Waals surface area contributed by atoms with Crippen LogP contribution in [0.25, 0.3) is 5.69 Å². The van der Waals surface area contributed by atoms with E-state index < -0.39 is 22.5 Å². The number of aryl methyl sites for hydroxylation is 2. The minimum absolute atomic E-state index is 0.0871. The van der Waals surface area contributed by atoms with E-state index in [4.69, 9.17) is 4.74 Å². The first-order valence-electron chi connectivity index (χ1n) is 13.1. The van der Waals surface area contributed by atoms with Gasteiger partial charge >= 0.3 is 0 Å². The number of anilines is 1. The molecule has 0 aliphatic heterocycles. The second-order valence-corrected chi connectivity index (χ2v) is 12.1. The number of amides is 1. The van der Waals surface area contributed by atoms with Gasteiger partial charge in [-0.1, -0.05) is 17.7 Å². The van der Waals surface area contributed by atoms with E-state index in [0.29, 0.717) is 18.0 Å². The van der Waals surface area contributed by atoms with Crippen LogP contribution in [0.1, 0.15) is 29.4 Å². The van der Waals surface area contributed by atoms with E-state index in [0.717, 1.165) is 31.8 Å². The Morgan fingerprint density at radius 1 is 1.00 bits per heavy atom. The summed E-state index contributed by atoms with van der Waals surface area (Å²) >= 11 is 1.52. The third-order valence-corrected chi connectivity index (χ3v) is 9.06. The minimum atomic E-state index is -4.05. The van der Waals surface area contributed by atoms with Crippen LogP contribution in [0.15, 0.2) is 93.8 Å². The molecule has 214 valence electrons. The molecule has 4 rings (SSSR count). The average Bonchev–Trinajstić information content (AvgIpc) is 3.25. The number of hydrazone groups is 1. The summed E-state index contributed by atoms with van der Waals surface area (Å²) in [6, 6.07) is 23.4. The molecule has 3 aromatic carbocycles. The number of aromatic nitrogens is 1. The number of rotatable bonds is 11. The van der Waals surface area contributed by atoms with E-state index in [1.165, 1.54) is 17.3 Å². The van der Waals surface area contributed by atoms with Gasteiger partial charge in [0.2, 0.25) is 0 Å². The fourth-order valence-electron chi connectivity index (χ4n) is 4.41. The molecule has 4 aromatic rings. The number of thioether (sulfide) groups is 1. The topological polar surface area (TPSA) is 93.0 Å². The van der Waals surface area contributed by atoms with Crippen molar-refractivity contribution in [3.63, 3.8) is 0 Å². The molecule has 1 aromatic heterocycles. The zero-order valence-electron chi connectivity index (χ0n) is 23.8. The van der Waals surface area contributed by atoms with Crippen molar-refractivity contribution < 1.29 is 17.9 Å². The van der Waals surface area contributed by atoms with Gasteiger partial charge in [0, 0.05) is 27.5 Å². The Morgan fingerprint density at radius 3 is 2.27 bits per heavy atom. The summed E-state index contributed by atoms with van der Waals surface area (Å²) in [5.41, 5.74) is 7.89. The lowest BCUT2D eigenvalue weighted by Gasteiger charge is -2.24. The lowest BCUT2D eigenvalue weighted by molar-refractivity contribution is -0.119. The minimum Gasteiger partial charge on any atom is -0.494 e. The Bertz CT molecular complexity index is 1630. The van der Waals surface area contributed by atoms with Crippen molar-refractivity contribution in [3.8, 4) is 11.4 Å². The summed E-state index contributed by atoms with van der Waals surface area (Å²) in [6.07, 6.45) is 3.49. The predicted molar refractivity (Wildman–Crippen MR) is 166 cm³/mol. The van der Waals surface area contributed by atoms with Crippen LogP contribution in [0.4, 0.5) is 5.69 Å².